The summed E-state index contributed by atoms with van der Waals surface area (Å²) in [5, 5.41) is 8.81. The summed E-state index contributed by atoms with van der Waals surface area (Å²) in [7, 11) is -3.62. The predicted molar refractivity (Wildman–Crippen MR) is 121 cm³/mol. The van der Waals surface area contributed by atoms with Crippen LogP contribution in [-0.2, 0) is 15.8 Å². The molecule has 32 heavy (non-hydrogen) atoms. The Morgan fingerprint density at radius 1 is 0.938 bits per heavy atom. The Kier molecular flexibility index (Phi) is 4.39. The molecule has 4 aromatic heterocycles. The number of benzene rings is 1. The molecular weight excluding hydrogens is 424 g/mol. The van der Waals surface area contributed by atoms with E-state index in [0.29, 0.717) is 22.9 Å². The van der Waals surface area contributed by atoms with Crippen LogP contribution < -0.4 is 0 Å². The molecule has 1 aliphatic rings. The molecule has 0 unspecified atom stereocenters. The Morgan fingerprint density at radius 3 is 2.56 bits per heavy atom. The minimum atomic E-state index is -3.62. The smallest absolute Gasteiger partial charge is 0.244 e. The number of hydrogen-bond donors (Lipinski definition) is 0. The van der Waals surface area contributed by atoms with Crippen LogP contribution in [0.15, 0.2) is 73.3 Å². The van der Waals surface area contributed by atoms with Gasteiger partial charge in [0.25, 0.3) is 0 Å². The van der Waals surface area contributed by atoms with Gasteiger partial charge in [-0.2, -0.15) is 0 Å². The lowest BCUT2D eigenvalue weighted by atomic mass is 10.1. The molecule has 1 fully saturated rings. The van der Waals surface area contributed by atoms with Crippen LogP contribution in [0.1, 0.15) is 42.6 Å². The van der Waals surface area contributed by atoms with Crippen molar-refractivity contribution in [1.82, 2.24) is 28.1 Å². The van der Waals surface area contributed by atoms with Crippen LogP contribution >= 0.6 is 0 Å². The van der Waals surface area contributed by atoms with Crippen molar-refractivity contribution in [3.05, 3.63) is 84.7 Å². The maximum Gasteiger partial charge on any atom is 0.244 e. The summed E-state index contributed by atoms with van der Waals surface area (Å²) in [6, 6.07) is 15.5. The van der Waals surface area contributed by atoms with Crippen molar-refractivity contribution in [3.8, 4) is 0 Å². The second-order valence-electron chi connectivity index (χ2n) is 8.37. The highest BCUT2D eigenvalue weighted by molar-refractivity contribution is 7.89. The minimum Gasteiger partial charge on any atom is -0.351 e. The van der Waals surface area contributed by atoms with Gasteiger partial charge >= 0.3 is 0 Å². The molecular formula is C23H22N6O2S. The van der Waals surface area contributed by atoms with E-state index in [1.807, 2.05) is 46.9 Å². The van der Waals surface area contributed by atoms with Gasteiger partial charge in [-0.15, -0.1) is 10.2 Å². The first-order valence-corrected chi connectivity index (χ1v) is 12.3. The van der Waals surface area contributed by atoms with Crippen molar-refractivity contribution in [2.24, 2.45) is 0 Å². The van der Waals surface area contributed by atoms with Crippen molar-refractivity contribution >= 4 is 26.8 Å². The summed E-state index contributed by atoms with van der Waals surface area (Å²) in [5.74, 6) is 1.04. The van der Waals surface area contributed by atoms with E-state index >= 15 is 0 Å². The van der Waals surface area contributed by atoms with Crippen molar-refractivity contribution in [3.63, 3.8) is 0 Å². The summed E-state index contributed by atoms with van der Waals surface area (Å²) >= 11 is 0. The van der Waals surface area contributed by atoms with Gasteiger partial charge in [0.1, 0.15) is 5.82 Å². The van der Waals surface area contributed by atoms with Crippen molar-refractivity contribution in [2.45, 2.75) is 37.0 Å². The molecule has 4 heterocycles. The van der Waals surface area contributed by atoms with Crippen LogP contribution in [0.25, 0.3) is 16.8 Å². The molecule has 0 amide bonds. The maximum absolute atomic E-state index is 13.1. The molecule has 0 spiro atoms. The van der Waals surface area contributed by atoms with Crippen molar-refractivity contribution < 1.29 is 8.42 Å². The van der Waals surface area contributed by atoms with E-state index in [9.17, 15) is 8.42 Å². The summed E-state index contributed by atoms with van der Waals surface area (Å²) < 4.78 is 31.8. The third kappa shape index (κ3) is 3.12. The average molecular weight is 447 g/mol. The van der Waals surface area contributed by atoms with Gasteiger partial charge in [0.2, 0.25) is 10.0 Å². The van der Waals surface area contributed by atoms with Crippen LogP contribution in [0.5, 0.6) is 0 Å². The summed E-state index contributed by atoms with van der Waals surface area (Å²) in [4.78, 5) is 4.43. The average Bonchev–Trinajstić information content (AvgIpc) is 3.58. The number of hydrogen-bond acceptors (Lipinski definition) is 5. The molecule has 8 nitrogen and oxygen atoms in total. The SMILES string of the molecule is O=S(=O)(Cc1ccccc1)n1ccc2c1ncc1nnc([C@@H]3CC[C@H](n4cccc4)C3)n12. The Balaban J connectivity index is 1.40. The van der Waals surface area contributed by atoms with Gasteiger partial charge in [-0.1, -0.05) is 30.3 Å². The van der Waals surface area contributed by atoms with Crippen molar-refractivity contribution in [1.29, 1.82) is 0 Å². The quantitative estimate of drug-likeness (QED) is 0.410. The van der Waals surface area contributed by atoms with Gasteiger partial charge in [-0.05, 0) is 43.0 Å². The Bertz CT molecular complexity index is 1500. The van der Waals surface area contributed by atoms with Gasteiger partial charge < -0.3 is 4.57 Å². The van der Waals surface area contributed by atoms with Crippen LogP contribution in [0.2, 0.25) is 0 Å². The zero-order chi connectivity index (χ0) is 21.7. The van der Waals surface area contributed by atoms with Crippen LogP contribution in [0, 0.1) is 0 Å². The third-order valence-electron chi connectivity index (χ3n) is 6.37. The normalized spacial score (nSPS) is 19.2. The monoisotopic (exact) mass is 446 g/mol. The first-order valence-electron chi connectivity index (χ1n) is 10.7. The molecule has 0 aliphatic heterocycles. The Morgan fingerprint density at radius 2 is 1.75 bits per heavy atom. The molecule has 0 bridgehead atoms. The molecule has 6 rings (SSSR count). The molecule has 0 radical (unpaired) electrons. The molecule has 9 heteroatoms. The molecule has 0 N–H and O–H groups in total. The number of aromatic nitrogens is 6. The zero-order valence-electron chi connectivity index (χ0n) is 17.3. The van der Waals surface area contributed by atoms with Gasteiger partial charge in [-0.3, -0.25) is 4.40 Å². The molecule has 1 saturated carbocycles. The van der Waals surface area contributed by atoms with E-state index in [1.54, 1.807) is 18.5 Å². The first kappa shape index (κ1) is 19.2. The molecule has 1 aliphatic carbocycles. The van der Waals surface area contributed by atoms with E-state index < -0.39 is 10.0 Å². The van der Waals surface area contributed by atoms with E-state index in [-0.39, 0.29) is 11.7 Å². The maximum atomic E-state index is 13.1. The zero-order valence-corrected chi connectivity index (χ0v) is 18.1. The van der Waals surface area contributed by atoms with Crippen LogP contribution in [0.4, 0.5) is 0 Å². The summed E-state index contributed by atoms with van der Waals surface area (Å²) in [5.41, 5.74) is 2.48. The fourth-order valence-corrected chi connectivity index (χ4v) is 6.25. The molecule has 5 aromatic rings. The number of fused-ring (bicyclic) bond motifs is 3. The summed E-state index contributed by atoms with van der Waals surface area (Å²) in [6.45, 7) is 0. The van der Waals surface area contributed by atoms with E-state index in [4.69, 9.17) is 0 Å². The van der Waals surface area contributed by atoms with Crippen LogP contribution in [0.3, 0.4) is 0 Å². The molecule has 0 saturated heterocycles. The van der Waals surface area contributed by atoms with Gasteiger partial charge in [0, 0.05) is 30.6 Å². The highest BCUT2D eigenvalue weighted by Gasteiger charge is 2.31. The van der Waals surface area contributed by atoms with Crippen molar-refractivity contribution in [2.75, 3.05) is 0 Å². The third-order valence-corrected chi connectivity index (χ3v) is 7.96. The lowest BCUT2D eigenvalue weighted by Gasteiger charge is -2.13. The minimum absolute atomic E-state index is 0.0897. The lowest BCUT2D eigenvalue weighted by Crippen LogP contribution is -2.15. The Labute approximate surface area is 185 Å². The topological polar surface area (TPSA) is 87.1 Å². The molecule has 162 valence electrons. The predicted octanol–water partition coefficient (Wildman–Crippen LogP) is 3.77. The highest BCUT2D eigenvalue weighted by Crippen LogP contribution is 2.40. The lowest BCUT2D eigenvalue weighted by molar-refractivity contribution is 0.508. The number of rotatable bonds is 5. The second kappa shape index (κ2) is 7.30. The fraction of sp³-hybridized carbons (Fsp3) is 0.261. The number of nitrogens with zero attached hydrogens (tertiary/aromatic N) is 6. The largest absolute Gasteiger partial charge is 0.351 e. The van der Waals surface area contributed by atoms with Gasteiger partial charge in [0.05, 0.1) is 17.5 Å². The van der Waals surface area contributed by atoms with E-state index in [2.05, 4.69) is 32.1 Å². The molecule has 2 atom stereocenters. The Hall–Kier alpha value is -3.46. The summed E-state index contributed by atoms with van der Waals surface area (Å²) in [6.07, 6.45) is 10.5. The fourth-order valence-electron chi connectivity index (χ4n) is 4.85. The van der Waals surface area contributed by atoms with Gasteiger partial charge in [0.15, 0.2) is 11.3 Å². The van der Waals surface area contributed by atoms with E-state index in [0.717, 1.165) is 30.7 Å². The highest BCUT2D eigenvalue weighted by atomic mass is 32.2. The molecule has 1 aromatic carbocycles. The first-order chi connectivity index (χ1) is 15.6. The van der Waals surface area contributed by atoms with Crippen LogP contribution in [-0.4, -0.2) is 36.5 Å². The van der Waals surface area contributed by atoms with E-state index in [1.165, 1.54) is 3.97 Å². The second-order valence-corrected chi connectivity index (χ2v) is 10.2. The standard InChI is InChI=1S/C23H22N6O2S/c30-32(31,16-17-6-2-1-3-7-17)28-13-10-20-23(28)24-15-21-25-26-22(29(20)21)18-8-9-19(14-18)27-11-4-5-12-27/h1-7,10-13,15,18-19H,8-9,14,16H2/t18-,19+/m1/s1. The van der Waals surface area contributed by atoms with Gasteiger partial charge in [-0.25, -0.2) is 17.4 Å².